The maximum Gasteiger partial charge on any atom is 0.235 e. The molecule has 0 aliphatic heterocycles. The highest BCUT2D eigenvalue weighted by Crippen LogP contribution is 2.03. The highest BCUT2D eigenvalue weighted by molar-refractivity contribution is 5.34. The molecular formula is C10H10NO. The van der Waals surface area contributed by atoms with Crippen LogP contribution < -0.4 is 0 Å². The molecule has 0 amide bonds. The number of isocyanates is 1. The van der Waals surface area contributed by atoms with Crippen LogP contribution in [0.25, 0.3) is 0 Å². The average molecular weight is 160 g/mol. The second-order valence-electron chi connectivity index (χ2n) is 2.56. The number of benzene rings is 1. The number of aliphatic imine (C=N–C) groups is 1. The Morgan fingerprint density at radius 2 is 2.08 bits per heavy atom. The summed E-state index contributed by atoms with van der Waals surface area (Å²) in [4.78, 5) is 13.4. The molecule has 0 saturated heterocycles. The largest absolute Gasteiger partial charge is 0.235 e. The molecule has 0 unspecified atom stereocenters. The lowest BCUT2D eigenvalue weighted by atomic mass is 10.1. The molecule has 0 aliphatic rings. The highest BCUT2D eigenvalue weighted by Gasteiger charge is 1.99. The third kappa shape index (κ3) is 2.69. The van der Waals surface area contributed by atoms with Crippen LogP contribution in [0.5, 0.6) is 0 Å². The molecule has 1 aromatic rings. The quantitative estimate of drug-likeness (QED) is 0.489. The lowest BCUT2D eigenvalue weighted by Crippen LogP contribution is -2.02. The van der Waals surface area contributed by atoms with E-state index >= 15 is 0 Å². The van der Waals surface area contributed by atoms with Crippen LogP contribution >= 0.6 is 0 Å². The third-order valence-corrected chi connectivity index (χ3v) is 1.55. The Hall–Kier alpha value is -1.40. The van der Waals surface area contributed by atoms with Gasteiger partial charge in [-0.3, -0.25) is 0 Å². The van der Waals surface area contributed by atoms with Crippen molar-refractivity contribution in [2.75, 3.05) is 0 Å². The van der Waals surface area contributed by atoms with Crippen molar-refractivity contribution in [3.63, 3.8) is 0 Å². The van der Waals surface area contributed by atoms with Crippen LogP contribution in [0.3, 0.4) is 0 Å². The van der Waals surface area contributed by atoms with E-state index in [0.29, 0.717) is 6.42 Å². The number of hydrogen-bond donors (Lipinski definition) is 0. The number of hydrogen-bond acceptors (Lipinski definition) is 2. The Morgan fingerprint density at radius 3 is 2.67 bits per heavy atom. The summed E-state index contributed by atoms with van der Waals surface area (Å²) >= 11 is 0. The maximum atomic E-state index is 9.87. The summed E-state index contributed by atoms with van der Waals surface area (Å²) in [5, 5.41) is 0. The van der Waals surface area contributed by atoms with E-state index in [4.69, 9.17) is 0 Å². The molecule has 1 atom stereocenters. The molecule has 0 saturated carbocycles. The van der Waals surface area contributed by atoms with Gasteiger partial charge in [0.1, 0.15) is 0 Å². The SMILES string of the molecule is [CH2][C@@H](Cc1ccccc1)N=C=O. The minimum atomic E-state index is -0.218. The van der Waals surface area contributed by atoms with Gasteiger partial charge in [0.05, 0.1) is 6.04 Å². The molecule has 0 bridgehead atoms. The molecule has 0 aromatic heterocycles. The van der Waals surface area contributed by atoms with E-state index in [0.717, 1.165) is 5.56 Å². The van der Waals surface area contributed by atoms with Gasteiger partial charge in [-0.25, -0.2) is 9.79 Å². The lowest BCUT2D eigenvalue weighted by Gasteiger charge is -2.02. The molecule has 0 spiro atoms. The first-order chi connectivity index (χ1) is 5.83. The van der Waals surface area contributed by atoms with Gasteiger partial charge < -0.3 is 0 Å². The van der Waals surface area contributed by atoms with Gasteiger partial charge in [0, 0.05) is 0 Å². The van der Waals surface area contributed by atoms with E-state index in [-0.39, 0.29) is 6.04 Å². The van der Waals surface area contributed by atoms with Crippen LogP contribution in [0, 0.1) is 6.92 Å². The first kappa shape index (κ1) is 8.69. The second kappa shape index (κ2) is 4.47. The molecule has 0 heterocycles. The average Bonchev–Trinajstić information content (AvgIpc) is 2.06. The van der Waals surface area contributed by atoms with E-state index in [2.05, 4.69) is 11.9 Å². The minimum Gasteiger partial charge on any atom is -0.211 e. The molecule has 0 aliphatic carbocycles. The predicted octanol–water partition coefficient (Wildman–Crippen LogP) is 1.77. The maximum absolute atomic E-state index is 9.87. The summed E-state index contributed by atoms with van der Waals surface area (Å²) in [7, 11) is 0. The summed E-state index contributed by atoms with van der Waals surface area (Å²) in [5.41, 5.74) is 1.14. The number of carbonyl (C=O) groups excluding carboxylic acids is 1. The molecule has 1 radical (unpaired) electrons. The van der Waals surface area contributed by atoms with Crippen LogP contribution in [0.15, 0.2) is 35.3 Å². The highest BCUT2D eigenvalue weighted by atomic mass is 16.1. The van der Waals surface area contributed by atoms with E-state index in [9.17, 15) is 4.79 Å². The zero-order chi connectivity index (χ0) is 8.81. The first-order valence-corrected chi connectivity index (χ1v) is 3.77. The fourth-order valence-electron chi connectivity index (χ4n) is 1.01. The zero-order valence-corrected chi connectivity index (χ0v) is 6.73. The van der Waals surface area contributed by atoms with Crippen molar-refractivity contribution < 1.29 is 4.79 Å². The number of rotatable bonds is 3. The molecule has 61 valence electrons. The summed E-state index contributed by atoms with van der Waals surface area (Å²) in [5.74, 6) is 0. The van der Waals surface area contributed by atoms with Gasteiger partial charge in [0.25, 0.3) is 0 Å². The lowest BCUT2D eigenvalue weighted by molar-refractivity contribution is 0.560. The molecule has 2 heteroatoms. The van der Waals surface area contributed by atoms with Crippen LogP contribution in [0.2, 0.25) is 0 Å². The predicted molar refractivity (Wildman–Crippen MR) is 47.4 cm³/mol. The van der Waals surface area contributed by atoms with Crippen molar-refractivity contribution in [3.8, 4) is 0 Å². The Kier molecular flexibility index (Phi) is 3.24. The zero-order valence-electron chi connectivity index (χ0n) is 6.73. The Balaban J connectivity index is 2.58. The smallest absolute Gasteiger partial charge is 0.211 e. The van der Waals surface area contributed by atoms with E-state index in [1.807, 2.05) is 30.3 Å². The summed E-state index contributed by atoms with van der Waals surface area (Å²) in [6.45, 7) is 3.69. The van der Waals surface area contributed by atoms with Crippen LogP contribution in [-0.4, -0.2) is 12.1 Å². The third-order valence-electron chi connectivity index (χ3n) is 1.55. The van der Waals surface area contributed by atoms with Gasteiger partial charge >= 0.3 is 0 Å². The van der Waals surface area contributed by atoms with Crippen molar-refractivity contribution in [3.05, 3.63) is 42.8 Å². The second-order valence-corrected chi connectivity index (χ2v) is 2.56. The molecule has 2 nitrogen and oxygen atoms in total. The van der Waals surface area contributed by atoms with Gasteiger partial charge in [-0.05, 0) is 18.9 Å². The molecule has 0 N–H and O–H groups in total. The molecule has 12 heavy (non-hydrogen) atoms. The van der Waals surface area contributed by atoms with E-state index in [1.54, 1.807) is 0 Å². The molecule has 0 fully saturated rings. The Morgan fingerprint density at radius 1 is 1.42 bits per heavy atom. The Bertz CT molecular complexity index is 275. The van der Waals surface area contributed by atoms with Gasteiger partial charge in [0.15, 0.2) is 0 Å². The minimum absolute atomic E-state index is 0.218. The molecule has 1 aromatic carbocycles. The summed E-state index contributed by atoms with van der Waals surface area (Å²) in [6, 6.07) is 9.60. The van der Waals surface area contributed by atoms with E-state index < -0.39 is 0 Å². The fourth-order valence-corrected chi connectivity index (χ4v) is 1.01. The van der Waals surface area contributed by atoms with Crippen LogP contribution in [0.1, 0.15) is 5.56 Å². The van der Waals surface area contributed by atoms with Crippen molar-refractivity contribution in [2.24, 2.45) is 4.99 Å². The van der Waals surface area contributed by atoms with Crippen LogP contribution in [0.4, 0.5) is 0 Å². The van der Waals surface area contributed by atoms with Crippen molar-refractivity contribution in [2.45, 2.75) is 12.5 Å². The molecular weight excluding hydrogens is 150 g/mol. The Labute approximate surface area is 71.9 Å². The molecule has 1 rings (SSSR count). The van der Waals surface area contributed by atoms with Gasteiger partial charge in [0.2, 0.25) is 6.08 Å². The monoisotopic (exact) mass is 160 g/mol. The van der Waals surface area contributed by atoms with Gasteiger partial charge in [-0.15, -0.1) is 0 Å². The number of nitrogens with zero attached hydrogens (tertiary/aromatic N) is 1. The van der Waals surface area contributed by atoms with Crippen molar-refractivity contribution in [1.29, 1.82) is 0 Å². The summed E-state index contributed by atoms with van der Waals surface area (Å²) < 4.78 is 0. The van der Waals surface area contributed by atoms with E-state index in [1.165, 1.54) is 6.08 Å². The normalized spacial score (nSPS) is 11.8. The van der Waals surface area contributed by atoms with Gasteiger partial charge in [-0.2, -0.15) is 0 Å². The topological polar surface area (TPSA) is 29.4 Å². The summed E-state index contributed by atoms with van der Waals surface area (Å²) in [6.07, 6.45) is 2.19. The van der Waals surface area contributed by atoms with Crippen molar-refractivity contribution in [1.82, 2.24) is 0 Å². The van der Waals surface area contributed by atoms with Gasteiger partial charge in [-0.1, -0.05) is 30.3 Å². The standard InChI is InChI=1S/C10H10NO/c1-9(11-8-12)7-10-5-3-2-4-6-10/h2-6,9H,1,7H2/t9-/m0/s1. The first-order valence-electron chi connectivity index (χ1n) is 3.77. The van der Waals surface area contributed by atoms with Crippen LogP contribution in [-0.2, 0) is 11.2 Å². The van der Waals surface area contributed by atoms with Crippen molar-refractivity contribution >= 4 is 6.08 Å². The fraction of sp³-hybridized carbons (Fsp3) is 0.200.